The van der Waals surface area contributed by atoms with Gasteiger partial charge in [-0.15, -0.1) is 0 Å². The molecule has 0 spiro atoms. The van der Waals surface area contributed by atoms with E-state index < -0.39 is 8.32 Å². The summed E-state index contributed by atoms with van der Waals surface area (Å²) in [5, 5.41) is 0.138. The van der Waals surface area contributed by atoms with Gasteiger partial charge in [-0.05, 0) is 77.4 Å². The van der Waals surface area contributed by atoms with Gasteiger partial charge in [-0.2, -0.15) is 0 Å². The number of benzene rings is 1. The van der Waals surface area contributed by atoms with Gasteiger partial charge in [0.15, 0.2) is 5.75 Å². The predicted octanol–water partition coefficient (Wildman–Crippen LogP) is 7.33. The van der Waals surface area contributed by atoms with Crippen LogP contribution in [0.2, 0.25) is 18.1 Å². The fourth-order valence-electron chi connectivity index (χ4n) is 4.75. The second-order valence-electron chi connectivity index (χ2n) is 11.3. The number of rotatable bonds is 6. The molecule has 1 aromatic rings. The summed E-state index contributed by atoms with van der Waals surface area (Å²) in [5.41, 5.74) is 3.27. The lowest BCUT2D eigenvalue weighted by Gasteiger charge is -2.36. The molecule has 0 aromatic heterocycles. The summed E-state index contributed by atoms with van der Waals surface area (Å²) < 4.78 is 18.2. The number of allylic oxidation sites excluding steroid dienone is 1. The predicted molar refractivity (Wildman–Crippen MR) is 123 cm³/mol. The summed E-state index contributed by atoms with van der Waals surface area (Å²) in [6.45, 7) is 19.1. The van der Waals surface area contributed by atoms with E-state index in [1.54, 1.807) is 7.11 Å². The van der Waals surface area contributed by atoms with E-state index in [2.05, 4.69) is 73.0 Å². The Morgan fingerprint density at radius 1 is 1.14 bits per heavy atom. The lowest BCUT2D eigenvalue weighted by Crippen LogP contribution is -2.43. The molecule has 2 aliphatic carbocycles. The van der Waals surface area contributed by atoms with Crippen LogP contribution in [0.5, 0.6) is 11.5 Å². The highest BCUT2D eigenvalue weighted by molar-refractivity contribution is 6.74. The quantitative estimate of drug-likeness (QED) is 0.359. The monoisotopic (exact) mass is 416 g/mol. The maximum Gasteiger partial charge on any atom is 0.250 e. The molecule has 0 radical (unpaired) electrons. The Bertz CT molecular complexity index is 788. The summed E-state index contributed by atoms with van der Waals surface area (Å²) >= 11 is 0. The van der Waals surface area contributed by atoms with E-state index in [9.17, 15) is 0 Å². The molecule has 29 heavy (non-hydrogen) atoms. The number of fused-ring (bicyclic) bond motifs is 2. The molecule has 2 fully saturated rings. The number of methoxy groups -OCH3 is 1. The molecular weight excluding hydrogens is 376 g/mol. The molecule has 0 N–H and O–H groups in total. The van der Waals surface area contributed by atoms with Crippen molar-refractivity contribution in [2.24, 2.45) is 16.7 Å². The molecule has 162 valence electrons. The fraction of sp³-hybridized carbons (Fsp3) is 0.680. The van der Waals surface area contributed by atoms with Gasteiger partial charge in [0.1, 0.15) is 12.4 Å². The van der Waals surface area contributed by atoms with Crippen LogP contribution in [0.25, 0.3) is 0 Å². The molecule has 0 aliphatic heterocycles. The Balaban J connectivity index is 1.73. The summed E-state index contributed by atoms with van der Waals surface area (Å²) in [5.74, 6) is 2.42. The molecule has 2 atom stereocenters. The van der Waals surface area contributed by atoms with Crippen LogP contribution in [-0.2, 0) is 11.3 Å². The van der Waals surface area contributed by atoms with Crippen molar-refractivity contribution in [1.29, 1.82) is 0 Å². The number of hydrogen-bond acceptors (Lipinski definition) is 3. The number of hydrogen-bond donors (Lipinski definition) is 0. The molecule has 1 aromatic carbocycles. The minimum Gasteiger partial charge on any atom is -0.541 e. The van der Waals surface area contributed by atoms with Gasteiger partial charge in [-0.1, -0.05) is 47.6 Å². The molecular formula is C25H40O3Si. The van der Waals surface area contributed by atoms with Crippen molar-refractivity contribution in [3.05, 3.63) is 35.6 Å². The van der Waals surface area contributed by atoms with Crippen LogP contribution < -0.4 is 9.16 Å². The topological polar surface area (TPSA) is 27.7 Å². The van der Waals surface area contributed by atoms with Crippen molar-refractivity contribution in [3.8, 4) is 11.5 Å². The molecule has 2 saturated carbocycles. The van der Waals surface area contributed by atoms with Gasteiger partial charge in [0.25, 0.3) is 8.32 Å². The van der Waals surface area contributed by atoms with E-state index in [-0.39, 0.29) is 10.5 Å². The molecule has 2 bridgehead atoms. The van der Waals surface area contributed by atoms with E-state index in [4.69, 9.17) is 13.9 Å². The third kappa shape index (κ3) is 3.85. The Hall–Kier alpha value is -1.42. The van der Waals surface area contributed by atoms with Gasteiger partial charge in [0, 0.05) is 0 Å². The average Bonchev–Trinajstić information content (AvgIpc) is 2.94. The van der Waals surface area contributed by atoms with Crippen LogP contribution in [0.4, 0.5) is 0 Å². The van der Waals surface area contributed by atoms with Crippen molar-refractivity contribution in [1.82, 2.24) is 0 Å². The second kappa shape index (κ2) is 7.37. The maximum atomic E-state index is 6.54. The third-order valence-electron chi connectivity index (χ3n) is 8.49. The highest BCUT2D eigenvalue weighted by atomic mass is 28.4. The average molecular weight is 417 g/mol. The highest BCUT2D eigenvalue weighted by Crippen LogP contribution is 2.67. The molecule has 2 aliphatic rings. The first-order chi connectivity index (χ1) is 13.3. The minimum atomic E-state index is -1.94. The Kier molecular flexibility index (Phi) is 5.66. The zero-order valence-corrected chi connectivity index (χ0v) is 20.9. The van der Waals surface area contributed by atoms with E-state index in [0.717, 1.165) is 23.0 Å². The molecule has 4 heteroatoms. The molecule has 2 unspecified atom stereocenters. The Labute approximate surface area is 179 Å². The lowest BCUT2D eigenvalue weighted by atomic mass is 9.69. The largest absolute Gasteiger partial charge is 0.541 e. The zero-order chi connectivity index (χ0) is 21.7. The van der Waals surface area contributed by atoms with Crippen molar-refractivity contribution in [2.75, 3.05) is 7.11 Å². The van der Waals surface area contributed by atoms with Crippen LogP contribution in [0.3, 0.4) is 0 Å². The molecule has 3 rings (SSSR count). The van der Waals surface area contributed by atoms with E-state index in [1.807, 2.05) is 6.07 Å². The molecule has 3 nitrogen and oxygen atoms in total. The van der Waals surface area contributed by atoms with Crippen LogP contribution in [-0.4, -0.2) is 15.4 Å². The highest BCUT2D eigenvalue weighted by Gasteiger charge is 2.58. The Morgan fingerprint density at radius 3 is 2.34 bits per heavy atom. The Morgan fingerprint density at radius 2 is 1.83 bits per heavy atom. The summed E-state index contributed by atoms with van der Waals surface area (Å²) in [4.78, 5) is 0. The van der Waals surface area contributed by atoms with E-state index >= 15 is 0 Å². The zero-order valence-electron chi connectivity index (χ0n) is 19.9. The smallest absolute Gasteiger partial charge is 0.250 e. The first-order valence-corrected chi connectivity index (χ1v) is 13.9. The third-order valence-corrected chi connectivity index (χ3v) is 12.8. The van der Waals surface area contributed by atoms with Crippen LogP contribution in [0.15, 0.2) is 30.0 Å². The van der Waals surface area contributed by atoms with Crippen molar-refractivity contribution in [3.63, 3.8) is 0 Å². The first-order valence-electron chi connectivity index (χ1n) is 11.0. The molecule has 0 amide bonds. The molecule has 0 heterocycles. The van der Waals surface area contributed by atoms with Crippen molar-refractivity contribution >= 4 is 8.32 Å². The van der Waals surface area contributed by atoms with Gasteiger partial charge in [-0.25, -0.2) is 0 Å². The van der Waals surface area contributed by atoms with Gasteiger partial charge < -0.3 is 13.9 Å². The van der Waals surface area contributed by atoms with Gasteiger partial charge in [-0.3, -0.25) is 0 Å². The lowest BCUT2D eigenvalue weighted by molar-refractivity contribution is 0.170. The standard InChI is InChI=1S/C25H40O3Si/c1-23(2,3)29(8,9)28-22-14-18(10-11-21(22)26-7)16-27-17-20-15-19-12-13-25(20,6)24(19,4)5/h10-11,14,17,19H,12-13,15-16H2,1-9H3. The summed E-state index contributed by atoms with van der Waals surface area (Å²) in [6.07, 6.45) is 5.88. The van der Waals surface area contributed by atoms with Crippen LogP contribution >= 0.6 is 0 Å². The fourth-order valence-corrected chi connectivity index (χ4v) is 5.77. The van der Waals surface area contributed by atoms with Gasteiger partial charge in [0.2, 0.25) is 0 Å². The van der Waals surface area contributed by atoms with Crippen molar-refractivity contribution < 1.29 is 13.9 Å². The van der Waals surface area contributed by atoms with E-state index in [1.165, 1.54) is 24.8 Å². The minimum absolute atomic E-state index is 0.138. The van der Waals surface area contributed by atoms with Crippen LogP contribution in [0, 0.1) is 16.7 Å². The van der Waals surface area contributed by atoms with E-state index in [0.29, 0.717) is 12.0 Å². The first kappa shape index (κ1) is 22.3. The molecule has 0 saturated heterocycles. The maximum absolute atomic E-state index is 6.54. The summed E-state index contributed by atoms with van der Waals surface area (Å²) in [6, 6.07) is 6.16. The van der Waals surface area contributed by atoms with Crippen LogP contribution in [0.1, 0.15) is 66.4 Å². The SMILES string of the molecule is COc1ccc(COC=C2CC3CCC2(C)C3(C)C)cc1O[Si](C)(C)C(C)(C)C. The van der Waals surface area contributed by atoms with Gasteiger partial charge in [0.05, 0.1) is 13.4 Å². The van der Waals surface area contributed by atoms with Crippen molar-refractivity contribution in [2.45, 2.75) is 85.5 Å². The summed E-state index contributed by atoms with van der Waals surface area (Å²) in [7, 11) is -0.236. The number of ether oxygens (including phenoxy) is 2. The second-order valence-corrected chi connectivity index (χ2v) is 16.0. The van der Waals surface area contributed by atoms with Gasteiger partial charge >= 0.3 is 0 Å². The normalized spacial score (nSPS) is 27.3.